The Morgan fingerprint density at radius 1 is 1.13 bits per heavy atom. The zero-order valence-corrected chi connectivity index (χ0v) is 14.3. The summed E-state index contributed by atoms with van der Waals surface area (Å²) in [5.74, 6) is 0. The molecule has 2 N–H and O–H groups in total. The molecule has 0 aliphatic carbocycles. The number of aryl methyl sites for hydroxylation is 1. The second-order valence-corrected chi connectivity index (χ2v) is 7.06. The molecule has 3 heterocycles. The third kappa shape index (κ3) is 4.18. The Balaban J connectivity index is 1.63. The first kappa shape index (κ1) is 15.7. The minimum atomic E-state index is -0.183. The first-order valence-corrected chi connectivity index (χ1v) is 9.01. The monoisotopic (exact) mass is 343 g/mol. The number of urea groups is 1. The molecule has 0 aliphatic rings. The minimum absolute atomic E-state index is 0.105. The summed E-state index contributed by atoms with van der Waals surface area (Å²) in [5.41, 5.74) is 1.95. The van der Waals surface area contributed by atoms with Crippen LogP contribution in [-0.2, 0) is 6.54 Å². The fourth-order valence-electron chi connectivity index (χ4n) is 2.16. The SMILES string of the molecule is Cc1ccc(CNC(=O)NC(c2cccs2)c2cccs2)cn1. The number of carbonyl (C=O) groups excluding carboxylic acids is 1. The predicted molar refractivity (Wildman–Crippen MR) is 94.8 cm³/mol. The molecule has 0 aromatic carbocycles. The highest BCUT2D eigenvalue weighted by Gasteiger charge is 2.18. The van der Waals surface area contributed by atoms with Gasteiger partial charge in [0, 0.05) is 28.2 Å². The van der Waals surface area contributed by atoms with Gasteiger partial charge in [-0.3, -0.25) is 4.98 Å². The van der Waals surface area contributed by atoms with Crippen molar-refractivity contribution in [1.29, 1.82) is 0 Å². The summed E-state index contributed by atoms with van der Waals surface area (Å²) in [4.78, 5) is 18.7. The lowest BCUT2D eigenvalue weighted by Crippen LogP contribution is -2.37. The molecule has 4 nitrogen and oxygen atoms in total. The van der Waals surface area contributed by atoms with Gasteiger partial charge in [-0.1, -0.05) is 18.2 Å². The van der Waals surface area contributed by atoms with E-state index in [-0.39, 0.29) is 12.1 Å². The van der Waals surface area contributed by atoms with E-state index in [1.165, 1.54) is 0 Å². The van der Waals surface area contributed by atoms with E-state index in [9.17, 15) is 4.79 Å². The van der Waals surface area contributed by atoms with Gasteiger partial charge in [0.2, 0.25) is 0 Å². The lowest BCUT2D eigenvalue weighted by Gasteiger charge is -2.16. The molecule has 0 aliphatic heterocycles. The Kier molecular flexibility index (Phi) is 5.05. The fourth-order valence-corrected chi connectivity index (χ4v) is 3.82. The smallest absolute Gasteiger partial charge is 0.315 e. The number of amides is 2. The van der Waals surface area contributed by atoms with Crippen LogP contribution in [0.4, 0.5) is 4.79 Å². The number of nitrogens with zero attached hydrogens (tertiary/aromatic N) is 1. The Hall–Kier alpha value is -2.18. The highest BCUT2D eigenvalue weighted by atomic mass is 32.1. The molecular weight excluding hydrogens is 326 g/mol. The molecule has 0 unspecified atom stereocenters. The molecule has 23 heavy (non-hydrogen) atoms. The van der Waals surface area contributed by atoms with Gasteiger partial charge in [0.25, 0.3) is 0 Å². The van der Waals surface area contributed by atoms with Gasteiger partial charge >= 0.3 is 6.03 Å². The maximum atomic E-state index is 12.3. The first-order valence-electron chi connectivity index (χ1n) is 7.25. The zero-order chi connectivity index (χ0) is 16.1. The molecule has 0 saturated heterocycles. The van der Waals surface area contributed by atoms with E-state index in [0.717, 1.165) is 21.0 Å². The van der Waals surface area contributed by atoms with Gasteiger partial charge < -0.3 is 10.6 Å². The lowest BCUT2D eigenvalue weighted by molar-refractivity contribution is 0.238. The fraction of sp³-hybridized carbons (Fsp3) is 0.176. The summed E-state index contributed by atoms with van der Waals surface area (Å²) >= 11 is 3.28. The first-order chi connectivity index (χ1) is 11.2. The van der Waals surface area contributed by atoms with Crippen LogP contribution < -0.4 is 10.6 Å². The van der Waals surface area contributed by atoms with Crippen molar-refractivity contribution in [3.05, 3.63) is 74.4 Å². The average Bonchev–Trinajstić information content (AvgIpc) is 3.25. The molecule has 3 aromatic heterocycles. The maximum Gasteiger partial charge on any atom is 0.315 e. The summed E-state index contributed by atoms with van der Waals surface area (Å²) in [5, 5.41) is 9.99. The number of hydrogen-bond donors (Lipinski definition) is 2. The van der Waals surface area contributed by atoms with E-state index in [2.05, 4.69) is 15.6 Å². The van der Waals surface area contributed by atoms with Crippen LogP contribution in [0, 0.1) is 6.92 Å². The Morgan fingerprint density at radius 3 is 2.35 bits per heavy atom. The van der Waals surface area contributed by atoms with Crippen LogP contribution in [0.15, 0.2) is 53.4 Å². The predicted octanol–water partition coefficient (Wildman–Crippen LogP) is 4.10. The summed E-state index contributed by atoms with van der Waals surface area (Å²) in [6, 6.07) is 11.7. The van der Waals surface area contributed by atoms with Crippen LogP contribution in [-0.4, -0.2) is 11.0 Å². The highest BCUT2D eigenvalue weighted by molar-refractivity contribution is 7.11. The molecule has 3 rings (SSSR count). The Morgan fingerprint density at radius 2 is 1.83 bits per heavy atom. The largest absolute Gasteiger partial charge is 0.334 e. The van der Waals surface area contributed by atoms with Crippen molar-refractivity contribution in [2.45, 2.75) is 19.5 Å². The van der Waals surface area contributed by atoms with Gasteiger partial charge in [0.05, 0.1) is 6.04 Å². The molecule has 0 fully saturated rings. The third-order valence-corrected chi connectivity index (χ3v) is 5.23. The van der Waals surface area contributed by atoms with Gasteiger partial charge in [-0.2, -0.15) is 0 Å². The number of thiophene rings is 2. The maximum absolute atomic E-state index is 12.3. The van der Waals surface area contributed by atoms with Crippen LogP contribution in [0.5, 0.6) is 0 Å². The van der Waals surface area contributed by atoms with Crippen molar-refractivity contribution in [2.75, 3.05) is 0 Å². The lowest BCUT2D eigenvalue weighted by atomic mass is 10.2. The van der Waals surface area contributed by atoms with E-state index in [0.29, 0.717) is 6.54 Å². The van der Waals surface area contributed by atoms with Crippen molar-refractivity contribution < 1.29 is 4.79 Å². The van der Waals surface area contributed by atoms with E-state index in [4.69, 9.17) is 0 Å². The van der Waals surface area contributed by atoms with Crippen LogP contribution in [0.2, 0.25) is 0 Å². The van der Waals surface area contributed by atoms with Crippen LogP contribution in [0.25, 0.3) is 0 Å². The van der Waals surface area contributed by atoms with Crippen LogP contribution >= 0.6 is 22.7 Å². The number of pyridine rings is 1. The Labute approximate surface area is 143 Å². The summed E-state index contributed by atoms with van der Waals surface area (Å²) in [6.07, 6.45) is 1.78. The molecule has 0 radical (unpaired) electrons. The Bertz CT molecular complexity index is 703. The topological polar surface area (TPSA) is 54.0 Å². The van der Waals surface area contributed by atoms with E-state index < -0.39 is 0 Å². The zero-order valence-electron chi connectivity index (χ0n) is 12.7. The molecule has 0 saturated carbocycles. The van der Waals surface area contributed by atoms with Crippen molar-refractivity contribution in [2.24, 2.45) is 0 Å². The average molecular weight is 343 g/mol. The summed E-state index contributed by atoms with van der Waals surface area (Å²) < 4.78 is 0. The quantitative estimate of drug-likeness (QED) is 0.733. The summed E-state index contributed by atoms with van der Waals surface area (Å²) in [7, 11) is 0. The van der Waals surface area contributed by atoms with Gasteiger partial charge in [0.1, 0.15) is 0 Å². The van der Waals surface area contributed by atoms with Gasteiger partial charge in [-0.05, 0) is 41.4 Å². The minimum Gasteiger partial charge on any atom is -0.334 e. The molecular formula is C17H17N3OS2. The van der Waals surface area contributed by atoms with Crippen molar-refractivity contribution in [3.8, 4) is 0 Å². The summed E-state index contributed by atoms with van der Waals surface area (Å²) in [6.45, 7) is 2.40. The number of rotatable bonds is 5. The van der Waals surface area contributed by atoms with Gasteiger partial charge in [-0.25, -0.2) is 4.79 Å². The van der Waals surface area contributed by atoms with Crippen molar-refractivity contribution in [3.63, 3.8) is 0 Å². The third-order valence-electron chi connectivity index (χ3n) is 3.36. The number of nitrogens with one attached hydrogen (secondary N) is 2. The molecule has 6 heteroatoms. The van der Waals surface area contributed by atoms with Gasteiger partial charge in [0.15, 0.2) is 0 Å². The van der Waals surface area contributed by atoms with E-state index in [1.807, 2.05) is 54.1 Å². The second-order valence-electron chi connectivity index (χ2n) is 5.10. The van der Waals surface area contributed by atoms with E-state index in [1.54, 1.807) is 28.9 Å². The molecule has 118 valence electrons. The molecule has 0 bridgehead atoms. The highest BCUT2D eigenvalue weighted by Crippen LogP contribution is 2.28. The second kappa shape index (κ2) is 7.39. The van der Waals surface area contributed by atoms with Crippen molar-refractivity contribution in [1.82, 2.24) is 15.6 Å². The van der Waals surface area contributed by atoms with Crippen molar-refractivity contribution >= 4 is 28.7 Å². The van der Waals surface area contributed by atoms with Gasteiger partial charge in [-0.15, -0.1) is 22.7 Å². The molecule has 0 spiro atoms. The van der Waals surface area contributed by atoms with Crippen LogP contribution in [0.3, 0.4) is 0 Å². The molecule has 0 atom stereocenters. The standard InChI is InChI=1S/C17H17N3OS2/c1-12-6-7-13(10-18-12)11-19-17(21)20-16(14-4-2-8-22-14)15-5-3-9-23-15/h2-10,16H,11H2,1H3,(H2,19,20,21). The number of hydrogen-bond acceptors (Lipinski definition) is 4. The number of aromatic nitrogens is 1. The molecule has 2 amide bonds. The normalized spacial score (nSPS) is 10.7. The molecule has 3 aromatic rings. The number of carbonyl (C=O) groups is 1. The van der Waals surface area contributed by atoms with Crippen LogP contribution in [0.1, 0.15) is 27.1 Å². The van der Waals surface area contributed by atoms with E-state index >= 15 is 0 Å².